The van der Waals surface area contributed by atoms with Crippen LogP contribution in [-0.4, -0.2) is 19.0 Å². The zero-order valence-corrected chi connectivity index (χ0v) is 11.3. The number of carbonyl (C=O) groups is 1. The number of hydrogen-bond acceptors (Lipinski definition) is 3. The Bertz CT molecular complexity index is 391. The van der Waals surface area contributed by atoms with Gasteiger partial charge in [0.1, 0.15) is 0 Å². The minimum absolute atomic E-state index is 0.0665. The molecule has 0 saturated carbocycles. The highest BCUT2D eigenvalue weighted by molar-refractivity contribution is 6.00. The van der Waals surface area contributed by atoms with Gasteiger partial charge in [-0.25, -0.2) is 0 Å². The van der Waals surface area contributed by atoms with Crippen molar-refractivity contribution in [2.24, 2.45) is 0 Å². The van der Waals surface area contributed by atoms with Gasteiger partial charge in [0, 0.05) is 24.5 Å². The molecule has 0 atom stereocenters. The molecule has 0 unspecified atom stereocenters. The maximum Gasteiger partial charge on any atom is 0.253 e. The summed E-state index contributed by atoms with van der Waals surface area (Å²) < 4.78 is 0. The number of amides is 1. The van der Waals surface area contributed by atoms with Crippen molar-refractivity contribution in [1.29, 1.82) is 0 Å². The smallest absolute Gasteiger partial charge is 0.253 e. The normalized spacial score (nSPS) is 10.1. The van der Waals surface area contributed by atoms with Crippen LogP contribution in [-0.2, 0) is 0 Å². The van der Waals surface area contributed by atoms with Gasteiger partial charge >= 0.3 is 0 Å². The first-order chi connectivity index (χ1) is 8.69. The summed E-state index contributed by atoms with van der Waals surface area (Å²) in [5.41, 5.74) is 7.83. The van der Waals surface area contributed by atoms with Gasteiger partial charge in [-0.05, 0) is 31.0 Å². The third-order valence-electron chi connectivity index (χ3n) is 2.67. The average molecular weight is 249 g/mol. The zero-order valence-electron chi connectivity index (χ0n) is 11.3. The van der Waals surface area contributed by atoms with Gasteiger partial charge in [0.25, 0.3) is 5.91 Å². The Balaban J connectivity index is 2.78. The monoisotopic (exact) mass is 249 g/mol. The molecule has 0 radical (unpaired) electrons. The van der Waals surface area contributed by atoms with Crippen molar-refractivity contribution >= 4 is 17.3 Å². The van der Waals surface area contributed by atoms with E-state index in [1.54, 1.807) is 6.07 Å². The number of carbonyl (C=O) groups excluding carboxylic acids is 1. The fraction of sp³-hybridized carbons (Fsp3) is 0.500. The van der Waals surface area contributed by atoms with Crippen molar-refractivity contribution in [2.75, 3.05) is 24.1 Å². The van der Waals surface area contributed by atoms with Crippen LogP contribution in [0.3, 0.4) is 0 Å². The van der Waals surface area contributed by atoms with Crippen molar-refractivity contribution in [3.05, 3.63) is 23.8 Å². The number of unbranched alkanes of at least 4 members (excludes halogenated alkanes) is 1. The minimum Gasteiger partial charge on any atom is -0.399 e. The highest BCUT2D eigenvalue weighted by Gasteiger charge is 2.10. The third kappa shape index (κ3) is 4.28. The number of nitrogen functional groups attached to an aromatic ring is 1. The van der Waals surface area contributed by atoms with Gasteiger partial charge in [0.2, 0.25) is 0 Å². The Morgan fingerprint density at radius 2 is 2.00 bits per heavy atom. The predicted molar refractivity (Wildman–Crippen MR) is 76.9 cm³/mol. The van der Waals surface area contributed by atoms with E-state index >= 15 is 0 Å². The lowest BCUT2D eigenvalue weighted by atomic mass is 10.1. The summed E-state index contributed by atoms with van der Waals surface area (Å²) in [6, 6.07) is 5.40. The van der Waals surface area contributed by atoms with Crippen LogP contribution in [0.5, 0.6) is 0 Å². The quantitative estimate of drug-likeness (QED) is 0.514. The van der Waals surface area contributed by atoms with E-state index in [-0.39, 0.29) is 5.91 Å². The van der Waals surface area contributed by atoms with Crippen molar-refractivity contribution in [2.45, 2.75) is 33.1 Å². The molecule has 0 saturated heterocycles. The number of nitrogens with one attached hydrogen (secondary N) is 2. The molecule has 1 aromatic carbocycles. The van der Waals surface area contributed by atoms with E-state index < -0.39 is 0 Å². The second-order valence-corrected chi connectivity index (χ2v) is 4.34. The Kier molecular flexibility index (Phi) is 6.05. The van der Waals surface area contributed by atoms with Crippen LogP contribution in [0.4, 0.5) is 11.4 Å². The summed E-state index contributed by atoms with van der Waals surface area (Å²) in [5.74, 6) is -0.0665. The number of hydrogen-bond donors (Lipinski definition) is 3. The molecule has 100 valence electrons. The molecule has 0 bridgehead atoms. The van der Waals surface area contributed by atoms with E-state index in [1.165, 1.54) is 0 Å². The molecule has 0 fully saturated rings. The van der Waals surface area contributed by atoms with E-state index in [4.69, 9.17) is 5.73 Å². The lowest BCUT2D eigenvalue weighted by Gasteiger charge is -2.12. The predicted octanol–water partition coefficient (Wildman–Crippen LogP) is 2.62. The van der Waals surface area contributed by atoms with Crippen molar-refractivity contribution < 1.29 is 4.79 Å². The van der Waals surface area contributed by atoms with Gasteiger partial charge in [0.15, 0.2) is 0 Å². The van der Waals surface area contributed by atoms with E-state index in [2.05, 4.69) is 17.6 Å². The van der Waals surface area contributed by atoms with Gasteiger partial charge in [0.05, 0.1) is 5.56 Å². The number of nitrogens with two attached hydrogens (primary N) is 1. The largest absolute Gasteiger partial charge is 0.399 e. The Morgan fingerprint density at radius 1 is 1.22 bits per heavy atom. The summed E-state index contributed by atoms with van der Waals surface area (Å²) in [5, 5.41) is 6.15. The maximum absolute atomic E-state index is 12.0. The molecule has 1 rings (SSSR count). The highest BCUT2D eigenvalue weighted by atomic mass is 16.1. The van der Waals surface area contributed by atoms with Gasteiger partial charge in [-0.15, -0.1) is 0 Å². The Hall–Kier alpha value is -1.71. The molecule has 0 aliphatic heterocycles. The first-order valence-electron chi connectivity index (χ1n) is 6.60. The lowest BCUT2D eigenvalue weighted by molar-refractivity contribution is 0.0954. The fourth-order valence-corrected chi connectivity index (χ4v) is 1.64. The zero-order chi connectivity index (χ0) is 13.4. The van der Waals surface area contributed by atoms with Gasteiger partial charge < -0.3 is 16.4 Å². The Labute approximate surface area is 109 Å². The van der Waals surface area contributed by atoms with Gasteiger partial charge in [-0.3, -0.25) is 4.79 Å². The molecule has 0 aromatic heterocycles. The molecule has 18 heavy (non-hydrogen) atoms. The van der Waals surface area contributed by atoms with Crippen LogP contribution < -0.4 is 16.4 Å². The molecule has 0 spiro atoms. The van der Waals surface area contributed by atoms with Crippen LogP contribution in [0.15, 0.2) is 18.2 Å². The van der Waals surface area contributed by atoms with Crippen molar-refractivity contribution in [1.82, 2.24) is 5.32 Å². The molecule has 4 heteroatoms. The summed E-state index contributed by atoms with van der Waals surface area (Å²) in [6.45, 7) is 5.72. The lowest BCUT2D eigenvalue weighted by Crippen LogP contribution is -2.25. The first kappa shape index (κ1) is 14.4. The van der Waals surface area contributed by atoms with Crippen LogP contribution in [0.25, 0.3) is 0 Å². The van der Waals surface area contributed by atoms with E-state index in [0.717, 1.165) is 31.5 Å². The second kappa shape index (κ2) is 7.58. The minimum atomic E-state index is -0.0665. The Morgan fingerprint density at radius 3 is 2.67 bits per heavy atom. The summed E-state index contributed by atoms with van der Waals surface area (Å²) in [7, 11) is 0. The van der Waals surface area contributed by atoms with Crippen LogP contribution >= 0.6 is 0 Å². The van der Waals surface area contributed by atoms with E-state index in [1.807, 2.05) is 19.1 Å². The molecular weight excluding hydrogens is 226 g/mol. The summed E-state index contributed by atoms with van der Waals surface area (Å²) in [6.07, 6.45) is 3.13. The van der Waals surface area contributed by atoms with Crippen LogP contribution in [0.2, 0.25) is 0 Å². The van der Waals surface area contributed by atoms with Crippen molar-refractivity contribution in [3.8, 4) is 0 Å². The van der Waals surface area contributed by atoms with Gasteiger partial charge in [-0.2, -0.15) is 0 Å². The third-order valence-corrected chi connectivity index (χ3v) is 2.67. The molecule has 4 N–H and O–H groups in total. The average Bonchev–Trinajstić information content (AvgIpc) is 2.38. The number of anilines is 2. The van der Waals surface area contributed by atoms with E-state index in [0.29, 0.717) is 17.8 Å². The molecule has 4 nitrogen and oxygen atoms in total. The second-order valence-electron chi connectivity index (χ2n) is 4.34. The van der Waals surface area contributed by atoms with Crippen molar-refractivity contribution in [3.63, 3.8) is 0 Å². The molecule has 0 aliphatic rings. The highest BCUT2D eigenvalue weighted by Crippen LogP contribution is 2.19. The molecular formula is C14H23N3O. The van der Waals surface area contributed by atoms with Crippen LogP contribution in [0, 0.1) is 0 Å². The molecule has 0 heterocycles. The van der Waals surface area contributed by atoms with E-state index in [9.17, 15) is 4.79 Å². The molecule has 1 amide bonds. The van der Waals surface area contributed by atoms with Gasteiger partial charge in [-0.1, -0.05) is 20.3 Å². The topological polar surface area (TPSA) is 67.1 Å². The molecule has 1 aromatic rings. The first-order valence-corrected chi connectivity index (χ1v) is 6.60. The fourth-order valence-electron chi connectivity index (χ4n) is 1.64. The standard InChI is InChI=1S/C14H23N3O/c1-3-5-9-16-13-7-6-11(15)10-12(13)14(18)17-8-4-2/h6-7,10,16H,3-5,8-9,15H2,1-2H3,(H,17,18). The SMILES string of the molecule is CCCCNc1ccc(N)cc1C(=O)NCCC. The summed E-state index contributed by atoms with van der Waals surface area (Å²) in [4.78, 5) is 12.0. The van der Waals surface area contributed by atoms with Crippen LogP contribution in [0.1, 0.15) is 43.5 Å². The maximum atomic E-state index is 12.0. The molecule has 0 aliphatic carbocycles. The summed E-state index contributed by atoms with van der Waals surface area (Å²) >= 11 is 0. The number of benzene rings is 1. The number of rotatable bonds is 7.